The van der Waals surface area contributed by atoms with Gasteiger partial charge in [-0.25, -0.2) is 0 Å². The molecule has 0 aliphatic carbocycles. The molecule has 0 aromatic carbocycles. The Morgan fingerprint density at radius 2 is 2.12 bits per heavy atom. The minimum Gasteiger partial charge on any atom is -0.392 e. The van der Waals surface area contributed by atoms with E-state index in [2.05, 4.69) is 33.0 Å². The quantitative estimate of drug-likeness (QED) is 0.780. The zero-order valence-corrected chi connectivity index (χ0v) is 11.9. The summed E-state index contributed by atoms with van der Waals surface area (Å²) in [4.78, 5) is 0. The first-order chi connectivity index (χ1) is 7.39. The van der Waals surface area contributed by atoms with Crippen LogP contribution in [-0.2, 0) is 0 Å². The van der Waals surface area contributed by atoms with Crippen LogP contribution in [0.5, 0.6) is 0 Å². The highest BCUT2D eigenvalue weighted by molar-refractivity contribution is 7.99. The van der Waals surface area contributed by atoms with E-state index in [1.54, 1.807) is 0 Å². The highest BCUT2D eigenvalue weighted by atomic mass is 32.2. The number of nitrogens with one attached hydrogen (secondary N) is 1. The largest absolute Gasteiger partial charge is 0.392 e. The van der Waals surface area contributed by atoms with E-state index < -0.39 is 0 Å². The van der Waals surface area contributed by atoms with Gasteiger partial charge in [-0.15, -0.1) is 0 Å². The van der Waals surface area contributed by atoms with Gasteiger partial charge in [0.15, 0.2) is 0 Å². The molecule has 0 bridgehead atoms. The van der Waals surface area contributed by atoms with Crippen LogP contribution in [-0.4, -0.2) is 35.3 Å². The molecule has 0 amide bonds. The van der Waals surface area contributed by atoms with E-state index in [1.165, 1.54) is 17.9 Å². The van der Waals surface area contributed by atoms with Crippen molar-refractivity contribution in [2.24, 2.45) is 11.3 Å². The molecule has 1 fully saturated rings. The van der Waals surface area contributed by atoms with E-state index in [0.717, 1.165) is 13.0 Å². The number of rotatable bonds is 5. The molecular weight excluding hydrogens is 218 g/mol. The summed E-state index contributed by atoms with van der Waals surface area (Å²) in [6.45, 7) is 9.72. The first-order valence-corrected chi connectivity index (χ1v) is 7.54. The third kappa shape index (κ3) is 5.55. The van der Waals surface area contributed by atoms with Crippen LogP contribution in [0.4, 0.5) is 0 Å². The fourth-order valence-electron chi connectivity index (χ4n) is 2.32. The summed E-state index contributed by atoms with van der Waals surface area (Å²) in [7, 11) is 0. The maximum Gasteiger partial charge on any atom is 0.0667 e. The number of hydrogen-bond donors (Lipinski definition) is 2. The van der Waals surface area contributed by atoms with Crippen LogP contribution >= 0.6 is 11.8 Å². The molecular formula is C13H27NOS. The Labute approximate surface area is 105 Å². The molecule has 0 aromatic rings. The molecule has 96 valence electrons. The highest BCUT2D eigenvalue weighted by Gasteiger charge is 2.28. The fraction of sp³-hybridized carbons (Fsp3) is 1.00. The summed E-state index contributed by atoms with van der Waals surface area (Å²) < 4.78 is 0. The second kappa shape index (κ2) is 6.27. The number of aliphatic hydroxyl groups excluding tert-OH is 1. The van der Waals surface area contributed by atoms with Gasteiger partial charge in [-0.3, -0.25) is 0 Å². The van der Waals surface area contributed by atoms with Gasteiger partial charge in [0.2, 0.25) is 0 Å². The van der Waals surface area contributed by atoms with Crippen LogP contribution < -0.4 is 5.32 Å². The van der Waals surface area contributed by atoms with Crippen molar-refractivity contribution in [2.75, 3.05) is 18.1 Å². The minimum atomic E-state index is -0.185. The Balaban J connectivity index is 2.22. The summed E-state index contributed by atoms with van der Waals surface area (Å²) >= 11 is 2.03. The molecule has 1 heterocycles. The molecule has 0 radical (unpaired) electrons. The van der Waals surface area contributed by atoms with Crippen molar-refractivity contribution < 1.29 is 5.11 Å². The molecule has 0 spiro atoms. The van der Waals surface area contributed by atoms with E-state index in [9.17, 15) is 5.11 Å². The Hall–Kier alpha value is 0.270. The van der Waals surface area contributed by atoms with Gasteiger partial charge in [-0.2, -0.15) is 11.8 Å². The van der Waals surface area contributed by atoms with Gasteiger partial charge in [0.1, 0.15) is 0 Å². The Morgan fingerprint density at radius 3 is 2.69 bits per heavy atom. The summed E-state index contributed by atoms with van der Waals surface area (Å²) in [6, 6.07) is 0.579. The topological polar surface area (TPSA) is 32.3 Å². The number of hydrogen-bond acceptors (Lipinski definition) is 3. The molecule has 2 nitrogen and oxygen atoms in total. The van der Waals surface area contributed by atoms with Gasteiger partial charge in [0, 0.05) is 18.3 Å². The van der Waals surface area contributed by atoms with Crippen molar-refractivity contribution in [2.45, 2.75) is 52.7 Å². The Bertz CT molecular complexity index is 206. The molecule has 0 saturated carbocycles. The normalized spacial score (nSPS) is 27.0. The van der Waals surface area contributed by atoms with Crippen LogP contribution in [0, 0.1) is 11.3 Å². The average Bonchev–Trinajstić information content (AvgIpc) is 2.12. The minimum absolute atomic E-state index is 0.185. The molecule has 1 saturated heterocycles. The molecule has 2 atom stereocenters. The van der Waals surface area contributed by atoms with Crippen molar-refractivity contribution in [3.05, 3.63) is 0 Å². The van der Waals surface area contributed by atoms with Gasteiger partial charge in [0.25, 0.3) is 0 Å². The van der Waals surface area contributed by atoms with E-state index >= 15 is 0 Å². The van der Waals surface area contributed by atoms with E-state index in [4.69, 9.17) is 0 Å². The number of thioether (sulfide) groups is 1. The molecule has 1 rings (SSSR count). The summed E-state index contributed by atoms with van der Waals surface area (Å²) in [6.07, 6.45) is 1.94. The van der Waals surface area contributed by atoms with E-state index in [-0.39, 0.29) is 6.10 Å². The fourth-order valence-corrected chi connectivity index (χ4v) is 3.63. The van der Waals surface area contributed by atoms with Crippen molar-refractivity contribution in [3.63, 3.8) is 0 Å². The zero-order valence-electron chi connectivity index (χ0n) is 11.1. The van der Waals surface area contributed by atoms with E-state index in [0.29, 0.717) is 17.4 Å². The van der Waals surface area contributed by atoms with Crippen LogP contribution in [0.25, 0.3) is 0 Å². The average molecular weight is 245 g/mol. The maximum atomic E-state index is 9.81. The van der Waals surface area contributed by atoms with Crippen molar-refractivity contribution in [1.29, 1.82) is 0 Å². The third-order valence-electron chi connectivity index (χ3n) is 3.00. The lowest BCUT2D eigenvalue weighted by molar-refractivity contribution is 0.140. The second-order valence-corrected chi connectivity index (χ2v) is 7.30. The van der Waals surface area contributed by atoms with Crippen LogP contribution in [0.1, 0.15) is 40.5 Å². The van der Waals surface area contributed by atoms with Gasteiger partial charge < -0.3 is 10.4 Å². The Kier molecular flexibility index (Phi) is 5.62. The highest BCUT2D eigenvalue weighted by Crippen LogP contribution is 2.33. The smallest absolute Gasteiger partial charge is 0.0667 e. The summed E-state index contributed by atoms with van der Waals surface area (Å²) in [5.74, 6) is 3.03. The Morgan fingerprint density at radius 1 is 1.44 bits per heavy atom. The molecule has 2 unspecified atom stereocenters. The van der Waals surface area contributed by atoms with Crippen molar-refractivity contribution >= 4 is 11.8 Å². The van der Waals surface area contributed by atoms with E-state index in [1.807, 2.05) is 11.8 Å². The zero-order chi connectivity index (χ0) is 12.2. The maximum absolute atomic E-state index is 9.81. The molecule has 0 aromatic heterocycles. The van der Waals surface area contributed by atoms with Crippen LogP contribution in [0.15, 0.2) is 0 Å². The molecule has 16 heavy (non-hydrogen) atoms. The lowest BCUT2D eigenvalue weighted by Gasteiger charge is -2.35. The predicted molar refractivity (Wildman–Crippen MR) is 73.0 cm³/mol. The van der Waals surface area contributed by atoms with Crippen LogP contribution in [0.3, 0.4) is 0 Å². The lowest BCUT2D eigenvalue weighted by atomic mass is 9.88. The monoisotopic (exact) mass is 245 g/mol. The lowest BCUT2D eigenvalue weighted by Crippen LogP contribution is -2.43. The summed E-state index contributed by atoms with van der Waals surface area (Å²) in [5.41, 5.74) is 0.448. The van der Waals surface area contributed by atoms with Gasteiger partial charge in [-0.05, 0) is 29.9 Å². The van der Waals surface area contributed by atoms with Gasteiger partial charge >= 0.3 is 0 Å². The standard InChI is InChI=1S/C13H27NOS/c1-10(2)5-12(15)7-14-11-6-13(3,4)9-16-8-11/h10-12,14-15H,5-9H2,1-4H3. The van der Waals surface area contributed by atoms with Crippen molar-refractivity contribution in [1.82, 2.24) is 5.32 Å². The van der Waals surface area contributed by atoms with Crippen LogP contribution in [0.2, 0.25) is 0 Å². The molecule has 1 aliphatic heterocycles. The SMILES string of the molecule is CC(C)CC(O)CNC1CSCC(C)(C)C1. The van der Waals surface area contributed by atoms with Crippen molar-refractivity contribution in [3.8, 4) is 0 Å². The van der Waals surface area contributed by atoms with Gasteiger partial charge in [-0.1, -0.05) is 27.7 Å². The number of aliphatic hydroxyl groups is 1. The second-order valence-electron chi connectivity index (χ2n) is 6.27. The molecule has 1 aliphatic rings. The van der Waals surface area contributed by atoms with Gasteiger partial charge in [0.05, 0.1) is 6.10 Å². The predicted octanol–water partition coefficient (Wildman–Crippen LogP) is 2.51. The molecule has 3 heteroatoms. The first-order valence-electron chi connectivity index (χ1n) is 6.38. The first kappa shape index (κ1) is 14.3. The summed E-state index contributed by atoms with van der Waals surface area (Å²) in [5, 5.41) is 13.3. The molecule has 2 N–H and O–H groups in total. The third-order valence-corrected chi connectivity index (χ3v) is 4.62.